The van der Waals surface area contributed by atoms with Gasteiger partial charge in [-0.2, -0.15) is 0 Å². The summed E-state index contributed by atoms with van der Waals surface area (Å²) in [6.07, 6.45) is 5.41. The first-order valence-electron chi connectivity index (χ1n) is 7.23. The zero-order valence-electron chi connectivity index (χ0n) is 12.5. The van der Waals surface area contributed by atoms with Crippen molar-refractivity contribution in [1.29, 1.82) is 0 Å². The van der Waals surface area contributed by atoms with Gasteiger partial charge in [-0.15, -0.1) is 0 Å². The predicted molar refractivity (Wildman–Crippen MR) is 93.5 cm³/mol. The fraction of sp³-hybridized carbons (Fsp3) is 0.176. The molecule has 0 bridgehead atoms. The molecule has 0 aliphatic carbocycles. The van der Waals surface area contributed by atoms with Crippen LogP contribution >= 0.6 is 11.6 Å². The van der Waals surface area contributed by atoms with Crippen LogP contribution in [0.25, 0.3) is 6.08 Å². The number of amides is 1. The molecule has 0 radical (unpaired) electrons. The molecule has 0 unspecified atom stereocenters. The zero-order valence-corrected chi connectivity index (χ0v) is 13.3. The number of carbonyl (C=O) groups is 1. The van der Waals surface area contributed by atoms with E-state index in [0.29, 0.717) is 29.5 Å². The van der Waals surface area contributed by atoms with E-state index in [1.807, 2.05) is 12.1 Å². The van der Waals surface area contributed by atoms with Crippen LogP contribution in [-0.2, 0) is 4.79 Å². The number of aromatic nitrogens is 1. The van der Waals surface area contributed by atoms with Gasteiger partial charge in [0.2, 0.25) is 5.91 Å². The molecule has 2 aromatic rings. The highest BCUT2D eigenvalue weighted by molar-refractivity contribution is 6.30. The second-order valence-corrected chi connectivity index (χ2v) is 5.25. The van der Waals surface area contributed by atoms with Crippen molar-refractivity contribution < 1.29 is 9.90 Å². The molecule has 1 aromatic heterocycles. The van der Waals surface area contributed by atoms with Crippen LogP contribution in [0.1, 0.15) is 12.0 Å². The number of nitrogens with zero attached hydrogens (tertiary/aromatic N) is 1. The smallest absolute Gasteiger partial charge is 0.248 e. The Bertz CT molecular complexity index is 655. The van der Waals surface area contributed by atoms with Gasteiger partial charge in [0.15, 0.2) is 0 Å². The van der Waals surface area contributed by atoms with Crippen LogP contribution in [0.2, 0.25) is 5.02 Å². The highest BCUT2D eigenvalue weighted by atomic mass is 35.5. The molecule has 1 amide bonds. The number of halogens is 1. The minimum atomic E-state index is -0.234. The van der Waals surface area contributed by atoms with Gasteiger partial charge in [-0.05, 0) is 42.3 Å². The highest BCUT2D eigenvalue weighted by Crippen LogP contribution is 2.12. The minimum Gasteiger partial charge on any atom is -0.396 e. The van der Waals surface area contributed by atoms with Gasteiger partial charge in [0.25, 0.3) is 0 Å². The molecule has 0 saturated carbocycles. The van der Waals surface area contributed by atoms with Crippen molar-refractivity contribution in [1.82, 2.24) is 4.98 Å². The summed E-state index contributed by atoms with van der Waals surface area (Å²) >= 11 is 5.81. The molecule has 2 rings (SSSR count). The number of aliphatic hydroxyl groups is 1. The second kappa shape index (κ2) is 8.92. The topological polar surface area (TPSA) is 74.2 Å². The van der Waals surface area contributed by atoms with Gasteiger partial charge < -0.3 is 15.7 Å². The predicted octanol–water partition coefficient (Wildman–Crippen LogP) is 3.18. The van der Waals surface area contributed by atoms with Crippen LogP contribution < -0.4 is 10.6 Å². The Labute approximate surface area is 140 Å². The van der Waals surface area contributed by atoms with Crippen LogP contribution in [-0.4, -0.2) is 29.1 Å². The molecule has 0 atom stereocenters. The first-order chi connectivity index (χ1) is 11.2. The van der Waals surface area contributed by atoms with Crippen molar-refractivity contribution in [2.75, 3.05) is 23.8 Å². The Hall–Kier alpha value is -2.37. The lowest BCUT2D eigenvalue weighted by Crippen LogP contribution is -2.09. The number of benzene rings is 1. The summed E-state index contributed by atoms with van der Waals surface area (Å²) in [5.74, 6) is 0.468. The number of carbonyl (C=O) groups excluding carboxylic acids is 1. The van der Waals surface area contributed by atoms with Gasteiger partial charge in [-0.3, -0.25) is 4.79 Å². The number of pyridine rings is 1. The Morgan fingerprint density at radius 1 is 1.22 bits per heavy atom. The van der Waals surface area contributed by atoms with Crippen molar-refractivity contribution in [2.45, 2.75) is 6.42 Å². The van der Waals surface area contributed by atoms with Crippen molar-refractivity contribution in [3.8, 4) is 0 Å². The van der Waals surface area contributed by atoms with E-state index in [-0.39, 0.29) is 12.5 Å². The number of nitrogens with one attached hydrogen (secondary N) is 2. The molecule has 1 aromatic carbocycles. The molecule has 23 heavy (non-hydrogen) atoms. The third-order valence-electron chi connectivity index (χ3n) is 2.97. The van der Waals surface area contributed by atoms with E-state index in [2.05, 4.69) is 15.6 Å². The molecule has 3 N–H and O–H groups in total. The standard InChI is InChI=1S/C17H18ClN3O2/c18-14-5-2-13(3-6-14)4-9-17(23)21-15-7-8-16(20-12-15)19-10-1-11-22/h2-9,12,22H,1,10-11H2,(H,19,20)(H,21,23)/b9-4+. The van der Waals surface area contributed by atoms with E-state index in [0.717, 1.165) is 5.56 Å². The fourth-order valence-corrected chi connectivity index (χ4v) is 1.92. The second-order valence-electron chi connectivity index (χ2n) is 4.81. The van der Waals surface area contributed by atoms with Gasteiger partial charge in [-0.25, -0.2) is 4.98 Å². The van der Waals surface area contributed by atoms with Crippen molar-refractivity contribution in [3.63, 3.8) is 0 Å². The number of hydrogen-bond donors (Lipinski definition) is 3. The molecule has 1 heterocycles. The van der Waals surface area contributed by atoms with Gasteiger partial charge in [0.05, 0.1) is 11.9 Å². The molecule has 120 valence electrons. The Kier molecular flexibility index (Phi) is 6.59. The average molecular weight is 332 g/mol. The number of rotatable bonds is 7. The quantitative estimate of drug-likeness (QED) is 0.538. The molecule has 0 spiro atoms. The van der Waals surface area contributed by atoms with Gasteiger partial charge in [0, 0.05) is 24.3 Å². The first kappa shape index (κ1) is 17.0. The summed E-state index contributed by atoms with van der Waals surface area (Å²) < 4.78 is 0. The monoisotopic (exact) mass is 331 g/mol. The van der Waals surface area contributed by atoms with Crippen LogP contribution in [0, 0.1) is 0 Å². The lowest BCUT2D eigenvalue weighted by Gasteiger charge is -2.06. The number of aliphatic hydroxyl groups excluding tert-OH is 1. The minimum absolute atomic E-state index is 0.140. The molecule has 5 nitrogen and oxygen atoms in total. The lowest BCUT2D eigenvalue weighted by molar-refractivity contribution is -0.111. The van der Waals surface area contributed by atoms with Crippen LogP contribution in [0.3, 0.4) is 0 Å². The summed E-state index contributed by atoms with van der Waals surface area (Å²) in [5, 5.41) is 15.2. The van der Waals surface area contributed by atoms with E-state index < -0.39 is 0 Å². The van der Waals surface area contributed by atoms with E-state index in [9.17, 15) is 4.79 Å². The highest BCUT2D eigenvalue weighted by Gasteiger charge is 1.99. The third kappa shape index (κ3) is 6.10. The lowest BCUT2D eigenvalue weighted by atomic mass is 10.2. The summed E-state index contributed by atoms with van der Waals surface area (Å²) in [4.78, 5) is 16.0. The Morgan fingerprint density at radius 2 is 2.00 bits per heavy atom. The fourth-order valence-electron chi connectivity index (χ4n) is 1.80. The van der Waals surface area contributed by atoms with Gasteiger partial charge >= 0.3 is 0 Å². The van der Waals surface area contributed by atoms with E-state index in [4.69, 9.17) is 16.7 Å². The molecular formula is C17H18ClN3O2. The van der Waals surface area contributed by atoms with Crippen molar-refractivity contribution in [2.24, 2.45) is 0 Å². The summed E-state index contributed by atoms with van der Waals surface area (Å²) in [5.41, 5.74) is 1.51. The maximum Gasteiger partial charge on any atom is 0.248 e. The van der Waals surface area contributed by atoms with E-state index >= 15 is 0 Å². The zero-order chi connectivity index (χ0) is 16.5. The largest absolute Gasteiger partial charge is 0.396 e. The summed E-state index contributed by atoms with van der Waals surface area (Å²) in [6, 6.07) is 10.7. The van der Waals surface area contributed by atoms with E-state index in [1.54, 1.807) is 36.5 Å². The van der Waals surface area contributed by atoms with Crippen LogP contribution in [0.15, 0.2) is 48.7 Å². The van der Waals surface area contributed by atoms with Crippen molar-refractivity contribution in [3.05, 3.63) is 59.3 Å². The van der Waals surface area contributed by atoms with Crippen LogP contribution in [0.4, 0.5) is 11.5 Å². The third-order valence-corrected chi connectivity index (χ3v) is 3.22. The van der Waals surface area contributed by atoms with Crippen LogP contribution in [0.5, 0.6) is 0 Å². The molecule has 0 aliphatic rings. The molecular weight excluding hydrogens is 314 g/mol. The normalized spacial score (nSPS) is 10.7. The van der Waals surface area contributed by atoms with Crippen molar-refractivity contribution >= 4 is 35.1 Å². The SMILES string of the molecule is O=C(/C=C/c1ccc(Cl)cc1)Nc1ccc(NCCCO)nc1. The maximum atomic E-state index is 11.9. The Balaban J connectivity index is 1.86. The molecule has 0 fully saturated rings. The molecule has 6 heteroatoms. The molecule has 0 saturated heterocycles. The molecule has 0 aliphatic heterocycles. The average Bonchev–Trinajstić information content (AvgIpc) is 2.56. The van der Waals surface area contributed by atoms with Gasteiger partial charge in [0.1, 0.15) is 5.82 Å². The van der Waals surface area contributed by atoms with Gasteiger partial charge in [-0.1, -0.05) is 23.7 Å². The first-order valence-corrected chi connectivity index (χ1v) is 7.60. The van der Waals surface area contributed by atoms with E-state index in [1.165, 1.54) is 6.08 Å². The summed E-state index contributed by atoms with van der Waals surface area (Å²) in [6.45, 7) is 0.792. The maximum absolute atomic E-state index is 11.9. The number of hydrogen-bond acceptors (Lipinski definition) is 4. The Morgan fingerprint density at radius 3 is 2.65 bits per heavy atom. The summed E-state index contributed by atoms with van der Waals surface area (Å²) in [7, 11) is 0. The number of anilines is 2.